The number of para-hydroxylation sites is 1. The van der Waals surface area contributed by atoms with Crippen molar-refractivity contribution in [2.45, 2.75) is 19.0 Å². The number of carbonyl (C=O) groups is 1. The van der Waals surface area contributed by atoms with E-state index in [0.29, 0.717) is 17.9 Å². The molecule has 0 fully saturated rings. The van der Waals surface area contributed by atoms with Crippen molar-refractivity contribution in [2.75, 3.05) is 7.11 Å². The van der Waals surface area contributed by atoms with Crippen LogP contribution in [0.2, 0.25) is 0 Å². The summed E-state index contributed by atoms with van der Waals surface area (Å²) in [7, 11) is 3.37. The zero-order valence-electron chi connectivity index (χ0n) is 14.4. The number of ether oxygens (including phenoxy) is 1. The number of rotatable bonds is 8. The summed E-state index contributed by atoms with van der Waals surface area (Å²) in [5.41, 5.74) is 1.57. The fourth-order valence-corrected chi connectivity index (χ4v) is 2.53. The number of nitrogens with one attached hydrogen (secondary N) is 1. The lowest BCUT2D eigenvalue weighted by Crippen LogP contribution is -2.23. The van der Waals surface area contributed by atoms with Gasteiger partial charge in [-0.2, -0.15) is 5.10 Å². The van der Waals surface area contributed by atoms with Crippen LogP contribution in [0.15, 0.2) is 41.1 Å². The molecular weight excluding hydrogens is 338 g/mol. The second-order valence-corrected chi connectivity index (χ2v) is 5.70. The van der Waals surface area contributed by atoms with Crippen molar-refractivity contribution >= 4 is 5.97 Å². The maximum atomic E-state index is 11.2. The molecule has 0 unspecified atom stereocenters. The Morgan fingerprint density at radius 2 is 2.19 bits per heavy atom. The summed E-state index contributed by atoms with van der Waals surface area (Å²) < 4.78 is 12.7. The zero-order chi connectivity index (χ0) is 18.5. The highest BCUT2D eigenvalue weighted by molar-refractivity contribution is 5.67. The number of aliphatic carboxylic acids is 1. The SMILES string of the molecule is COc1ccccc1-c1nnc([C@H](CC(=O)O)NCc2cnn(C)c2)o1. The number of carboxylic acid groups (broad SMARTS) is 1. The van der Waals surface area contributed by atoms with E-state index in [1.807, 2.05) is 25.4 Å². The van der Waals surface area contributed by atoms with Crippen LogP contribution in [0.1, 0.15) is 23.9 Å². The highest BCUT2D eigenvalue weighted by Gasteiger charge is 2.23. The van der Waals surface area contributed by atoms with Crippen LogP contribution in [0.5, 0.6) is 5.75 Å². The lowest BCUT2D eigenvalue weighted by atomic mass is 10.2. The van der Waals surface area contributed by atoms with Crippen molar-refractivity contribution in [3.05, 3.63) is 48.1 Å². The third-order valence-corrected chi connectivity index (χ3v) is 3.77. The van der Waals surface area contributed by atoms with Crippen LogP contribution in [0.3, 0.4) is 0 Å². The molecule has 26 heavy (non-hydrogen) atoms. The van der Waals surface area contributed by atoms with Gasteiger partial charge in [0.25, 0.3) is 5.89 Å². The Bertz CT molecular complexity index is 889. The highest BCUT2D eigenvalue weighted by atomic mass is 16.5. The molecule has 2 aromatic heterocycles. The van der Waals surface area contributed by atoms with E-state index in [9.17, 15) is 9.90 Å². The van der Waals surface area contributed by atoms with Crippen LogP contribution < -0.4 is 10.1 Å². The van der Waals surface area contributed by atoms with E-state index in [-0.39, 0.29) is 18.2 Å². The average molecular weight is 357 g/mol. The Morgan fingerprint density at radius 3 is 2.88 bits per heavy atom. The fourth-order valence-electron chi connectivity index (χ4n) is 2.53. The summed E-state index contributed by atoms with van der Waals surface area (Å²) in [5.74, 6) is 0.111. The van der Waals surface area contributed by atoms with Gasteiger partial charge in [0.15, 0.2) is 0 Å². The quantitative estimate of drug-likeness (QED) is 0.627. The first kappa shape index (κ1) is 17.6. The number of methoxy groups -OCH3 is 1. The molecule has 9 nitrogen and oxygen atoms in total. The van der Waals surface area contributed by atoms with Gasteiger partial charge in [-0.15, -0.1) is 10.2 Å². The Kier molecular flexibility index (Phi) is 5.28. The van der Waals surface area contributed by atoms with E-state index in [2.05, 4.69) is 20.6 Å². The van der Waals surface area contributed by atoms with Gasteiger partial charge >= 0.3 is 5.97 Å². The van der Waals surface area contributed by atoms with Crippen molar-refractivity contribution in [2.24, 2.45) is 7.05 Å². The summed E-state index contributed by atoms with van der Waals surface area (Å²) in [6.07, 6.45) is 3.37. The standard InChI is InChI=1S/C17H19N5O4/c1-22-10-11(9-19-22)8-18-13(7-15(23)24)17-21-20-16(26-17)12-5-3-4-6-14(12)25-2/h3-6,9-10,13,18H,7-8H2,1-2H3,(H,23,24)/t13-/m0/s1. The summed E-state index contributed by atoms with van der Waals surface area (Å²) >= 11 is 0. The maximum absolute atomic E-state index is 11.2. The van der Waals surface area contributed by atoms with Gasteiger partial charge in [0, 0.05) is 25.4 Å². The maximum Gasteiger partial charge on any atom is 0.305 e. The molecule has 3 aromatic rings. The molecule has 0 bridgehead atoms. The van der Waals surface area contributed by atoms with Crippen molar-refractivity contribution in [3.63, 3.8) is 0 Å². The molecule has 1 aromatic carbocycles. The monoisotopic (exact) mass is 357 g/mol. The Hall–Kier alpha value is -3.20. The van der Waals surface area contributed by atoms with E-state index >= 15 is 0 Å². The highest BCUT2D eigenvalue weighted by Crippen LogP contribution is 2.29. The molecule has 0 amide bonds. The third kappa shape index (κ3) is 4.06. The van der Waals surface area contributed by atoms with Crippen LogP contribution in [-0.2, 0) is 18.4 Å². The van der Waals surface area contributed by atoms with Gasteiger partial charge in [-0.05, 0) is 12.1 Å². The number of carboxylic acids is 1. The van der Waals surface area contributed by atoms with Crippen LogP contribution in [0, 0.1) is 0 Å². The summed E-state index contributed by atoms with van der Waals surface area (Å²) in [5, 5.41) is 24.5. The van der Waals surface area contributed by atoms with E-state index in [1.54, 1.807) is 30.1 Å². The molecule has 2 N–H and O–H groups in total. The predicted molar refractivity (Wildman–Crippen MR) is 91.3 cm³/mol. The average Bonchev–Trinajstić information content (AvgIpc) is 3.27. The lowest BCUT2D eigenvalue weighted by molar-refractivity contribution is -0.137. The summed E-state index contributed by atoms with van der Waals surface area (Å²) in [6.45, 7) is 0.429. The second-order valence-electron chi connectivity index (χ2n) is 5.70. The molecular formula is C17H19N5O4. The molecule has 2 heterocycles. The number of hydrogen-bond acceptors (Lipinski definition) is 7. The Labute approximate surface area is 149 Å². The Morgan fingerprint density at radius 1 is 1.38 bits per heavy atom. The minimum atomic E-state index is -0.967. The van der Waals surface area contributed by atoms with Crippen LogP contribution in [-0.4, -0.2) is 38.2 Å². The van der Waals surface area contributed by atoms with Gasteiger partial charge in [0.2, 0.25) is 5.89 Å². The van der Waals surface area contributed by atoms with Gasteiger partial charge in [0.05, 0.1) is 31.3 Å². The molecule has 136 valence electrons. The minimum absolute atomic E-state index is 0.187. The van der Waals surface area contributed by atoms with Crippen LogP contribution in [0.4, 0.5) is 0 Å². The first-order valence-electron chi connectivity index (χ1n) is 7.96. The molecule has 0 aliphatic heterocycles. The van der Waals surface area contributed by atoms with Gasteiger partial charge in [-0.1, -0.05) is 12.1 Å². The number of nitrogens with zero attached hydrogens (tertiary/aromatic N) is 4. The lowest BCUT2D eigenvalue weighted by Gasteiger charge is -2.12. The Balaban J connectivity index is 1.80. The third-order valence-electron chi connectivity index (χ3n) is 3.77. The van der Waals surface area contributed by atoms with E-state index in [0.717, 1.165) is 5.56 Å². The van der Waals surface area contributed by atoms with Gasteiger partial charge in [-0.25, -0.2) is 0 Å². The first-order valence-corrected chi connectivity index (χ1v) is 7.96. The van der Waals surface area contributed by atoms with Crippen molar-refractivity contribution in [1.29, 1.82) is 0 Å². The minimum Gasteiger partial charge on any atom is -0.496 e. The topological polar surface area (TPSA) is 115 Å². The normalized spacial score (nSPS) is 12.1. The number of aromatic nitrogens is 4. The van der Waals surface area contributed by atoms with Gasteiger partial charge in [-0.3, -0.25) is 9.48 Å². The molecule has 9 heteroatoms. The molecule has 1 atom stereocenters. The van der Waals surface area contributed by atoms with Crippen LogP contribution in [0.25, 0.3) is 11.5 Å². The van der Waals surface area contributed by atoms with Crippen molar-refractivity contribution in [1.82, 2.24) is 25.3 Å². The van der Waals surface area contributed by atoms with Crippen molar-refractivity contribution in [3.8, 4) is 17.2 Å². The van der Waals surface area contributed by atoms with E-state index in [1.165, 1.54) is 0 Å². The largest absolute Gasteiger partial charge is 0.496 e. The summed E-state index contributed by atoms with van der Waals surface area (Å²) in [4.78, 5) is 11.2. The van der Waals surface area contributed by atoms with Crippen molar-refractivity contribution < 1.29 is 19.1 Å². The molecule has 0 aliphatic carbocycles. The molecule has 0 spiro atoms. The number of hydrogen-bond donors (Lipinski definition) is 2. The van der Waals surface area contributed by atoms with E-state index in [4.69, 9.17) is 9.15 Å². The summed E-state index contributed by atoms with van der Waals surface area (Å²) in [6, 6.07) is 6.63. The first-order chi connectivity index (χ1) is 12.6. The fraction of sp³-hybridized carbons (Fsp3) is 0.294. The number of aryl methyl sites for hydroxylation is 1. The zero-order valence-corrected chi connectivity index (χ0v) is 14.4. The molecule has 3 rings (SSSR count). The predicted octanol–water partition coefficient (Wildman–Crippen LogP) is 1.78. The molecule has 0 radical (unpaired) electrons. The molecule has 0 aliphatic rings. The van der Waals surface area contributed by atoms with Crippen LogP contribution >= 0.6 is 0 Å². The van der Waals surface area contributed by atoms with Gasteiger partial charge < -0.3 is 19.6 Å². The second kappa shape index (κ2) is 7.79. The molecule has 0 saturated heterocycles. The van der Waals surface area contributed by atoms with E-state index < -0.39 is 12.0 Å². The molecule has 0 saturated carbocycles. The smallest absolute Gasteiger partial charge is 0.305 e. The number of benzene rings is 1. The van der Waals surface area contributed by atoms with Gasteiger partial charge in [0.1, 0.15) is 5.75 Å².